The van der Waals surface area contributed by atoms with Crippen molar-refractivity contribution in [3.8, 4) is 0 Å². The average molecular weight is 224 g/mol. The maximum atomic E-state index is 2.39. The van der Waals surface area contributed by atoms with Crippen molar-refractivity contribution >= 4 is 0 Å². The predicted molar refractivity (Wildman–Crippen MR) is 75.8 cm³/mol. The third-order valence-electron chi connectivity index (χ3n) is 3.04. The van der Waals surface area contributed by atoms with Crippen LogP contribution in [0.4, 0.5) is 0 Å². The predicted octanol–water partition coefficient (Wildman–Crippen LogP) is 6.12. The lowest BCUT2D eigenvalue weighted by molar-refractivity contribution is 0.528. The monoisotopic (exact) mass is 224 g/mol. The van der Waals surface area contributed by atoms with Crippen molar-refractivity contribution in [1.29, 1.82) is 0 Å². The minimum absolute atomic E-state index is 0.883. The van der Waals surface area contributed by atoms with E-state index in [4.69, 9.17) is 0 Å². The molecular weight excluding hydrogens is 192 g/mol. The summed E-state index contributed by atoms with van der Waals surface area (Å²) < 4.78 is 0. The first-order valence-electron chi connectivity index (χ1n) is 7.42. The lowest BCUT2D eigenvalue weighted by Crippen LogP contribution is -1.86. The molecule has 0 aliphatic rings. The Bertz CT molecular complexity index is 144. The van der Waals surface area contributed by atoms with Crippen LogP contribution in [-0.2, 0) is 0 Å². The highest BCUT2D eigenvalue weighted by atomic mass is 14.0. The van der Waals surface area contributed by atoms with Crippen molar-refractivity contribution in [3.05, 3.63) is 12.2 Å². The number of allylic oxidation sites excluding steroid dienone is 2. The third kappa shape index (κ3) is 13.7. The zero-order chi connectivity index (χ0) is 12.1. The van der Waals surface area contributed by atoms with Gasteiger partial charge in [0.1, 0.15) is 0 Å². The Kier molecular flexibility index (Phi) is 12.6. The molecule has 0 aromatic carbocycles. The second-order valence-electron chi connectivity index (χ2n) is 5.35. The van der Waals surface area contributed by atoms with E-state index in [1.807, 2.05) is 0 Å². The van der Waals surface area contributed by atoms with Crippen LogP contribution in [0.3, 0.4) is 0 Å². The Labute approximate surface area is 104 Å². The second kappa shape index (κ2) is 12.8. The molecule has 0 aliphatic carbocycles. The normalized spacial score (nSPS) is 11.8. The molecule has 0 saturated carbocycles. The van der Waals surface area contributed by atoms with E-state index in [1.54, 1.807) is 0 Å². The molecule has 0 rings (SSSR count). The number of hydrogen-bond acceptors (Lipinski definition) is 0. The van der Waals surface area contributed by atoms with E-state index >= 15 is 0 Å². The molecule has 0 aromatic rings. The SMILES string of the molecule is CCCCCC/C=C\CCCCCC(C)C. The van der Waals surface area contributed by atoms with Gasteiger partial charge in [0.05, 0.1) is 0 Å². The van der Waals surface area contributed by atoms with Crippen LogP contribution in [0.15, 0.2) is 12.2 Å². The molecule has 0 N–H and O–H groups in total. The van der Waals surface area contributed by atoms with Gasteiger partial charge in [0, 0.05) is 0 Å². The van der Waals surface area contributed by atoms with Crippen molar-refractivity contribution in [1.82, 2.24) is 0 Å². The molecule has 0 fully saturated rings. The standard InChI is InChI=1S/C16H32/c1-4-5-6-7-8-9-10-11-12-13-14-15-16(2)3/h9-10,16H,4-8,11-15H2,1-3H3/b10-9-. The molecule has 0 bridgehead atoms. The fourth-order valence-corrected chi connectivity index (χ4v) is 1.92. The Balaban J connectivity index is 3.04. The van der Waals surface area contributed by atoms with Crippen molar-refractivity contribution < 1.29 is 0 Å². The second-order valence-corrected chi connectivity index (χ2v) is 5.35. The number of unbranched alkanes of at least 4 members (excludes halogenated alkanes) is 7. The zero-order valence-corrected chi connectivity index (χ0v) is 11.8. The molecule has 0 amide bonds. The first kappa shape index (κ1) is 15.7. The lowest BCUT2D eigenvalue weighted by Gasteiger charge is -2.02. The van der Waals surface area contributed by atoms with Crippen LogP contribution >= 0.6 is 0 Å². The molecule has 16 heavy (non-hydrogen) atoms. The van der Waals surface area contributed by atoms with Crippen LogP contribution in [0, 0.1) is 5.92 Å². The largest absolute Gasteiger partial charge is 0.0885 e. The van der Waals surface area contributed by atoms with E-state index in [0.717, 1.165) is 5.92 Å². The molecule has 0 aliphatic heterocycles. The van der Waals surface area contributed by atoms with Crippen LogP contribution < -0.4 is 0 Å². The molecule has 96 valence electrons. The van der Waals surface area contributed by atoms with Crippen molar-refractivity contribution in [3.63, 3.8) is 0 Å². The fourth-order valence-electron chi connectivity index (χ4n) is 1.92. The van der Waals surface area contributed by atoms with Gasteiger partial charge in [-0.05, 0) is 31.6 Å². The minimum Gasteiger partial charge on any atom is -0.0885 e. The van der Waals surface area contributed by atoms with Gasteiger partial charge in [-0.15, -0.1) is 0 Å². The van der Waals surface area contributed by atoms with E-state index in [1.165, 1.54) is 64.2 Å². The highest BCUT2D eigenvalue weighted by Crippen LogP contribution is 2.10. The molecule has 0 unspecified atom stereocenters. The Morgan fingerprint density at radius 3 is 1.81 bits per heavy atom. The Morgan fingerprint density at radius 1 is 0.750 bits per heavy atom. The molecule has 0 atom stereocenters. The van der Waals surface area contributed by atoms with Gasteiger partial charge in [-0.1, -0.05) is 71.4 Å². The average Bonchev–Trinajstić information content (AvgIpc) is 2.25. The summed E-state index contributed by atoms with van der Waals surface area (Å²) in [6, 6.07) is 0. The van der Waals surface area contributed by atoms with Gasteiger partial charge in [0.25, 0.3) is 0 Å². The van der Waals surface area contributed by atoms with E-state index in [2.05, 4.69) is 32.9 Å². The Hall–Kier alpha value is -0.260. The summed E-state index contributed by atoms with van der Waals surface area (Å²) >= 11 is 0. The summed E-state index contributed by atoms with van der Waals surface area (Å²) in [5.74, 6) is 0.883. The quantitative estimate of drug-likeness (QED) is 0.293. The zero-order valence-electron chi connectivity index (χ0n) is 11.8. The molecule has 0 heteroatoms. The molecule has 0 nitrogen and oxygen atoms in total. The van der Waals surface area contributed by atoms with Crippen LogP contribution in [0.5, 0.6) is 0 Å². The maximum Gasteiger partial charge on any atom is -0.0351 e. The summed E-state index contributed by atoms with van der Waals surface area (Å²) in [5.41, 5.74) is 0. The smallest absolute Gasteiger partial charge is 0.0351 e. The van der Waals surface area contributed by atoms with E-state index < -0.39 is 0 Å². The van der Waals surface area contributed by atoms with Gasteiger partial charge in [-0.25, -0.2) is 0 Å². The number of hydrogen-bond donors (Lipinski definition) is 0. The van der Waals surface area contributed by atoms with E-state index in [-0.39, 0.29) is 0 Å². The molecule has 0 aromatic heterocycles. The van der Waals surface area contributed by atoms with Crippen LogP contribution in [0.2, 0.25) is 0 Å². The molecule has 0 heterocycles. The van der Waals surface area contributed by atoms with Gasteiger partial charge < -0.3 is 0 Å². The topological polar surface area (TPSA) is 0 Å². The van der Waals surface area contributed by atoms with Crippen LogP contribution in [0.25, 0.3) is 0 Å². The van der Waals surface area contributed by atoms with Crippen LogP contribution in [0.1, 0.15) is 85.0 Å². The maximum absolute atomic E-state index is 2.39. The van der Waals surface area contributed by atoms with Gasteiger partial charge in [-0.3, -0.25) is 0 Å². The summed E-state index contributed by atoms with van der Waals surface area (Å²) in [4.78, 5) is 0. The molecule has 0 spiro atoms. The highest BCUT2D eigenvalue weighted by Gasteiger charge is 1.92. The Morgan fingerprint density at radius 2 is 1.31 bits per heavy atom. The van der Waals surface area contributed by atoms with Crippen LogP contribution in [-0.4, -0.2) is 0 Å². The molecule has 0 radical (unpaired) electrons. The first-order valence-corrected chi connectivity index (χ1v) is 7.42. The molecular formula is C16H32. The minimum atomic E-state index is 0.883. The van der Waals surface area contributed by atoms with Crippen molar-refractivity contribution in [2.24, 2.45) is 5.92 Å². The summed E-state index contributed by atoms with van der Waals surface area (Å²) in [5, 5.41) is 0. The van der Waals surface area contributed by atoms with Gasteiger partial charge in [0.2, 0.25) is 0 Å². The van der Waals surface area contributed by atoms with Crippen molar-refractivity contribution in [2.45, 2.75) is 85.0 Å². The summed E-state index contributed by atoms with van der Waals surface area (Å²) in [7, 11) is 0. The lowest BCUT2D eigenvalue weighted by atomic mass is 10.0. The number of rotatable bonds is 11. The summed E-state index contributed by atoms with van der Waals surface area (Å²) in [6.45, 7) is 6.90. The van der Waals surface area contributed by atoms with E-state index in [9.17, 15) is 0 Å². The van der Waals surface area contributed by atoms with E-state index in [0.29, 0.717) is 0 Å². The first-order chi connectivity index (χ1) is 7.77. The highest BCUT2D eigenvalue weighted by molar-refractivity contribution is 4.81. The van der Waals surface area contributed by atoms with Gasteiger partial charge in [-0.2, -0.15) is 0 Å². The summed E-state index contributed by atoms with van der Waals surface area (Å²) in [6.07, 6.45) is 18.5. The van der Waals surface area contributed by atoms with Gasteiger partial charge in [0.15, 0.2) is 0 Å². The van der Waals surface area contributed by atoms with Crippen molar-refractivity contribution in [2.75, 3.05) is 0 Å². The fraction of sp³-hybridized carbons (Fsp3) is 0.875. The van der Waals surface area contributed by atoms with Gasteiger partial charge >= 0.3 is 0 Å². The third-order valence-corrected chi connectivity index (χ3v) is 3.04. The molecule has 0 saturated heterocycles.